The highest BCUT2D eigenvalue weighted by Gasteiger charge is 2.29. The molecule has 1 amide bonds. The van der Waals surface area contributed by atoms with E-state index in [1.165, 1.54) is 12.8 Å². The molecular weight excluding hydrogens is 338 g/mol. The third-order valence-electron chi connectivity index (χ3n) is 5.22. The molecule has 1 aromatic heterocycles. The normalized spacial score (nSPS) is 23.7. The lowest BCUT2D eigenvalue weighted by Gasteiger charge is -2.23. The zero-order valence-electron chi connectivity index (χ0n) is 15.5. The fraction of sp³-hybridized carbons (Fsp3) is 0.778. The molecule has 7 heteroatoms. The number of amides is 1. The molecule has 2 fully saturated rings. The van der Waals surface area contributed by atoms with Gasteiger partial charge in [-0.1, -0.05) is 6.92 Å². The van der Waals surface area contributed by atoms with E-state index in [1.807, 2.05) is 21.8 Å². The summed E-state index contributed by atoms with van der Waals surface area (Å²) in [6.45, 7) is 8.19. The zero-order valence-corrected chi connectivity index (χ0v) is 16.3. The Hall–Kier alpha value is -1.11. The number of aromatic nitrogens is 2. The Balaban J connectivity index is 0.00000225. The Kier molecular flexibility index (Phi) is 7.72. The highest BCUT2D eigenvalue weighted by atomic mass is 35.5. The molecule has 0 bridgehead atoms. The van der Waals surface area contributed by atoms with Gasteiger partial charge in [0.2, 0.25) is 0 Å². The molecule has 2 atom stereocenters. The van der Waals surface area contributed by atoms with E-state index in [4.69, 9.17) is 0 Å². The molecule has 1 aromatic rings. The average molecular weight is 370 g/mol. The summed E-state index contributed by atoms with van der Waals surface area (Å²) in [5.41, 5.74) is 0.600. The quantitative estimate of drug-likeness (QED) is 0.833. The minimum Gasteiger partial charge on any atom is -0.337 e. The number of carbonyl (C=O) groups excluding carboxylic acids is 1. The van der Waals surface area contributed by atoms with E-state index in [0.717, 1.165) is 52.1 Å². The molecule has 0 saturated carbocycles. The number of piperidine rings is 1. The second-order valence-electron chi connectivity index (χ2n) is 7.35. The minimum absolute atomic E-state index is 0. The Morgan fingerprint density at radius 2 is 2.28 bits per heavy atom. The number of halogens is 1. The summed E-state index contributed by atoms with van der Waals surface area (Å²) in [6, 6.07) is 2.27. The third-order valence-corrected chi connectivity index (χ3v) is 5.22. The van der Waals surface area contributed by atoms with Gasteiger partial charge in [-0.05, 0) is 57.8 Å². The Morgan fingerprint density at radius 1 is 1.44 bits per heavy atom. The Labute approximate surface area is 157 Å². The number of nitrogens with zero attached hydrogens (tertiary/aromatic N) is 4. The maximum absolute atomic E-state index is 12.7. The first-order chi connectivity index (χ1) is 11.7. The molecule has 6 nitrogen and oxygen atoms in total. The van der Waals surface area contributed by atoms with Crippen LogP contribution in [-0.2, 0) is 0 Å². The van der Waals surface area contributed by atoms with E-state index >= 15 is 0 Å². The van der Waals surface area contributed by atoms with Crippen molar-refractivity contribution in [3.05, 3.63) is 18.0 Å². The average Bonchev–Trinajstić information content (AvgIpc) is 3.25. The first kappa shape index (κ1) is 20.2. The van der Waals surface area contributed by atoms with Gasteiger partial charge >= 0.3 is 0 Å². The first-order valence-corrected chi connectivity index (χ1v) is 9.41. The lowest BCUT2D eigenvalue weighted by molar-refractivity contribution is 0.0777. The Morgan fingerprint density at radius 3 is 3.00 bits per heavy atom. The SMILES string of the molecule is CCCN(C)CC1CCN(C(=O)c2ccn(C3CCCNC3)n2)C1.Cl. The van der Waals surface area contributed by atoms with Gasteiger partial charge in [0, 0.05) is 32.4 Å². The summed E-state index contributed by atoms with van der Waals surface area (Å²) < 4.78 is 1.97. The van der Waals surface area contributed by atoms with Crippen LogP contribution in [0.2, 0.25) is 0 Å². The van der Waals surface area contributed by atoms with Crippen molar-refractivity contribution < 1.29 is 4.79 Å². The molecule has 1 N–H and O–H groups in total. The van der Waals surface area contributed by atoms with Crippen LogP contribution in [0.5, 0.6) is 0 Å². The summed E-state index contributed by atoms with van der Waals surface area (Å²) >= 11 is 0. The predicted octanol–water partition coefficient (Wildman–Crippen LogP) is 2.03. The van der Waals surface area contributed by atoms with Crippen molar-refractivity contribution in [2.75, 3.05) is 46.3 Å². The summed E-state index contributed by atoms with van der Waals surface area (Å²) in [5.74, 6) is 0.688. The topological polar surface area (TPSA) is 53.4 Å². The number of nitrogens with one attached hydrogen (secondary N) is 1. The van der Waals surface area contributed by atoms with Gasteiger partial charge < -0.3 is 15.1 Å². The van der Waals surface area contributed by atoms with Gasteiger partial charge in [0.1, 0.15) is 5.69 Å². The number of hydrogen-bond acceptors (Lipinski definition) is 4. The van der Waals surface area contributed by atoms with Crippen molar-refractivity contribution in [2.24, 2.45) is 5.92 Å². The van der Waals surface area contributed by atoms with Gasteiger partial charge in [-0.15, -0.1) is 12.4 Å². The van der Waals surface area contributed by atoms with Crippen LogP contribution in [-0.4, -0.2) is 71.8 Å². The molecule has 142 valence electrons. The smallest absolute Gasteiger partial charge is 0.274 e. The maximum atomic E-state index is 12.7. The van der Waals surface area contributed by atoms with Crippen LogP contribution in [0.25, 0.3) is 0 Å². The fourth-order valence-electron chi connectivity index (χ4n) is 3.96. The van der Waals surface area contributed by atoms with Crippen LogP contribution in [0.1, 0.15) is 49.1 Å². The number of rotatable bonds is 6. The number of carbonyl (C=O) groups is 1. The second-order valence-corrected chi connectivity index (χ2v) is 7.35. The number of likely N-dealkylation sites (tertiary alicyclic amines) is 1. The highest BCUT2D eigenvalue weighted by molar-refractivity contribution is 5.92. The molecular formula is C18H32ClN5O. The van der Waals surface area contributed by atoms with Crippen molar-refractivity contribution >= 4 is 18.3 Å². The van der Waals surface area contributed by atoms with E-state index in [9.17, 15) is 4.79 Å². The van der Waals surface area contributed by atoms with E-state index in [2.05, 4.69) is 29.3 Å². The third kappa shape index (κ3) is 5.19. The molecule has 3 rings (SSSR count). The van der Waals surface area contributed by atoms with Crippen molar-refractivity contribution in [2.45, 2.75) is 38.6 Å². The van der Waals surface area contributed by atoms with Crippen molar-refractivity contribution in [1.29, 1.82) is 0 Å². The largest absolute Gasteiger partial charge is 0.337 e. The van der Waals surface area contributed by atoms with E-state index in [1.54, 1.807) is 0 Å². The standard InChI is InChI=1S/C18H31N5O.ClH/c1-3-9-21(2)13-15-6-10-22(14-15)18(24)17-7-11-23(20-17)16-5-4-8-19-12-16;/h7,11,15-16,19H,3-6,8-10,12-14H2,1-2H3;1H. The lowest BCUT2D eigenvalue weighted by Crippen LogP contribution is -2.33. The van der Waals surface area contributed by atoms with Gasteiger partial charge in [-0.25, -0.2) is 0 Å². The monoisotopic (exact) mass is 369 g/mol. The summed E-state index contributed by atoms with van der Waals surface area (Å²) in [5, 5.41) is 7.97. The van der Waals surface area contributed by atoms with Crippen LogP contribution in [0.3, 0.4) is 0 Å². The predicted molar refractivity (Wildman–Crippen MR) is 102 cm³/mol. The number of hydrogen-bond donors (Lipinski definition) is 1. The van der Waals surface area contributed by atoms with Crippen LogP contribution in [0, 0.1) is 5.92 Å². The molecule has 3 heterocycles. The van der Waals surface area contributed by atoms with Gasteiger partial charge in [-0.2, -0.15) is 5.10 Å². The molecule has 0 radical (unpaired) electrons. The molecule has 2 aliphatic rings. The van der Waals surface area contributed by atoms with Gasteiger partial charge in [0.05, 0.1) is 6.04 Å². The zero-order chi connectivity index (χ0) is 16.9. The first-order valence-electron chi connectivity index (χ1n) is 9.41. The molecule has 2 aliphatic heterocycles. The molecule has 2 saturated heterocycles. The van der Waals surface area contributed by atoms with Crippen LogP contribution in [0.15, 0.2) is 12.3 Å². The summed E-state index contributed by atoms with van der Waals surface area (Å²) in [4.78, 5) is 17.1. The van der Waals surface area contributed by atoms with Gasteiger partial charge in [-0.3, -0.25) is 9.48 Å². The van der Waals surface area contributed by atoms with Crippen LogP contribution >= 0.6 is 12.4 Å². The minimum atomic E-state index is 0. The van der Waals surface area contributed by atoms with E-state index < -0.39 is 0 Å². The summed E-state index contributed by atoms with van der Waals surface area (Å²) in [7, 11) is 2.17. The van der Waals surface area contributed by atoms with Crippen LogP contribution < -0.4 is 5.32 Å². The highest BCUT2D eigenvalue weighted by Crippen LogP contribution is 2.20. The van der Waals surface area contributed by atoms with E-state index in [0.29, 0.717) is 17.7 Å². The van der Waals surface area contributed by atoms with E-state index in [-0.39, 0.29) is 18.3 Å². The van der Waals surface area contributed by atoms with Gasteiger partial charge in [0.25, 0.3) is 5.91 Å². The maximum Gasteiger partial charge on any atom is 0.274 e. The Bertz CT molecular complexity index is 543. The lowest BCUT2D eigenvalue weighted by atomic mass is 10.1. The second kappa shape index (κ2) is 9.55. The fourth-order valence-corrected chi connectivity index (χ4v) is 3.96. The molecule has 0 aromatic carbocycles. The molecule has 25 heavy (non-hydrogen) atoms. The molecule has 0 spiro atoms. The van der Waals surface area contributed by atoms with Crippen molar-refractivity contribution in [3.8, 4) is 0 Å². The van der Waals surface area contributed by atoms with Gasteiger partial charge in [0.15, 0.2) is 0 Å². The summed E-state index contributed by atoms with van der Waals surface area (Å²) in [6.07, 6.45) is 6.56. The molecule has 0 aliphatic carbocycles. The van der Waals surface area contributed by atoms with Crippen LogP contribution in [0.4, 0.5) is 0 Å². The van der Waals surface area contributed by atoms with Crippen molar-refractivity contribution in [3.63, 3.8) is 0 Å². The molecule has 2 unspecified atom stereocenters. The van der Waals surface area contributed by atoms with Crippen molar-refractivity contribution in [1.82, 2.24) is 24.9 Å².